The maximum absolute atomic E-state index is 5.58. The summed E-state index contributed by atoms with van der Waals surface area (Å²) in [4.78, 5) is 0. The van der Waals surface area contributed by atoms with Gasteiger partial charge >= 0.3 is 0 Å². The molecular weight excluding hydrogens is 402 g/mol. The fourth-order valence-electron chi connectivity index (χ4n) is 1.21. The Morgan fingerprint density at radius 1 is 1.21 bits per heavy atom. The van der Waals surface area contributed by atoms with Crippen LogP contribution in [-0.4, -0.2) is 6.61 Å². The van der Waals surface area contributed by atoms with Crippen LogP contribution in [0.3, 0.4) is 0 Å². The first kappa shape index (κ1) is 12.7. The van der Waals surface area contributed by atoms with E-state index in [1.54, 1.807) is 0 Å². The Hall–Kier alpha value is 0.640. The molecule has 0 radical (unpaired) electrons. The van der Waals surface area contributed by atoms with Crippen LogP contribution in [-0.2, 0) is 11.3 Å². The molecule has 0 saturated heterocycles. The molecule has 1 aliphatic carbocycles. The molecule has 0 spiro atoms. The van der Waals surface area contributed by atoms with Gasteiger partial charge in [0.05, 0.1) is 6.61 Å². The van der Waals surface area contributed by atoms with Crippen molar-refractivity contribution in [1.82, 2.24) is 0 Å². The zero-order valence-corrected chi connectivity index (χ0v) is 12.4. The van der Waals surface area contributed by atoms with Crippen LogP contribution in [0.1, 0.15) is 18.4 Å². The summed E-state index contributed by atoms with van der Waals surface area (Å²) in [5.41, 5.74) is 1.28. The topological polar surface area (TPSA) is 9.23 Å². The molecule has 1 aromatic carbocycles. The molecule has 0 unspecified atom stereocenters. The molecule has 1 aliphatic rings. The predicted octanol–water partition coefficient (Wildman–Crippen LogP) is 3.84. The zero-order valence-electron chi connectivity index (χ0n) is 7.91. The van der Waals surface area contributed by atoms with E-state index in [4.69, 9.17) is 4.74 Å². The third kappa shape index (κ3) is 4.44. The summed E-state index contributed by atoms with van der Waals surface area (Å²) in [7, 11) is 0. The van der Waals surface area contributed by atoms with Gasteiger partial charge in [0.1, 0.15) is 0 Å². The molecule has 0 N–H and O–H groups in total. The van der Waals surface area contributed by atoms with E-state index in [-0.39, 0.29) is 24.0 Å². The average molecular weight is 416 g/mol. The van der Waals surface area contributed by atoms with Gasteiger partial charge in [0.25, 0.3) is 0 Å². The fourth-order valence-corrected chi connectivity index (χ4v) is 1.57. The van der Waals surface area contributed by atoms with Crippen molar-refractivity contribution in [3.05, 3.63) is 33.4 Å². The second-order valence-electron chi connectivity index (χ2n) is 3.58. The molecule has 14 heavy (non-hydrogen) atoms. The Bertz CT molecular complexity index is 267. The minimum Gasteiger partial charge on any atom is -0.376 e. The number of hydrogen-bond donors (Lipinski definition) is 0. The standard InChI is InChI=1S/C11H13IO.HI/c12-11-5-3-10(4-6-11)8-13-7-9-1-2-9;/h3-6,9H,1-2,7-8H2;1H. The molecule has 1 fully saturated rings. The Morgan fingerprint density at radius 2 is 1.86 bits per heavy atom. The van der Waals surface area contributed by atoms with Gasteiger partial charge in [-0.05, 0) is 59.0 Å². The van der Waals surface area contributed by atoms with Gasteiger partial charge in [-0.1, -0.05) is 12.1 Å². The molecule has 3 heteroatoms. The first-order valence-corrected chi connectivity index (χ1v) is 5.74. The van der Waals surface area contributed by atoms with Crippen molar-refractivity contribution in [2.45, 2.75) is 19.4 Å². The van der Waals surface area contributed by atoms with Crippen molar-refractivity contribution in [3.8, 4) is 0 Å². The van der Waals surface area contributed by atoms with E-state index in [0.29, 0.717) is 0 Å². The smallest absolute Gasteiger partial charge is 0.0717 e. The van der Waals surface area contributed by atoms with Gasteiger partial charge in [-0.3, -0.25) is 0 Å². The first-order chi connectivity index (χ1) is 6.34. The highest BCUT2D eigenvalue weighted by Crippen LogP contribution is 2.29. The molecule has 0 amide bonds. The minimum atomic E-state index is 0. The molecule has 0 aliphatic heterocycles. The summed E-state index contributed by atoms with van der Waals surface area (Å²) < 4.78 is 6.86. The Balaban J connectivity index is 0.000000980. The monoisotopic (exact) mass is 416 g/mol. The first-order valence-electron chi connectivity index (χ1n) is 4.67. The largest absolute Gasteiger partial charge is 0.376 e. The van der Waals surface area contributed by atoms with E-state index in [2.05, 4.69) is 46.9 Å². The number of halogens is 2. The molecule has 0 bridgehead atoms. The zero-order chi connectivity index (χ0) is 9.10. The van der Waals surface area contributed by atoms with Crippen LogP contribution in [0.25, 0.3) is 0 Å². The number of hydrogen-bond acceptors (Lipinski definition) is 1. The summed E-state index contributed by atoms with van der Waals surface area (Å²) >= 11 is 2.31. The van der Waals surface area contributed by atoms with E-state index >= 15 is 0 Å². The Kier molecular flexibility index (Phi) is 5.69. The summed E-state index contributed by atoms with van der Waals surface area (Å²) in [6.07, 6.45) is 2.74. The molecule has 1 nitrogen and oxygen atoms in total. The van der Waals surface area contributed by atoms with Crippen molar-refractivity contribution in [2.75, 3.05) is 6.61 Å². The van der Waals surface area contributed by atoms with Crippen LogP contribution < -0.4 is 0 Å². The molecule has 1 aromatic rings. The van der Waals surface area contributed by atoms with Crippen LogP contribution in [0, 0.1) is 9.49 Å². The van der Waals surface area contributed by atoms with Gasteiger partial charge in [0, 0.05) is 10.2 Å². The van der Waals surface area contributed by atoms with Gasteiger partial charge in [-0.25, -0.2) is 0 Å². The van der Waals surface area contributed by atoms with Gasteiger partial charge in [0.15, 0.2) is 0 Å². The van der Waals surface area contributed by atoms with Gasteiger partial charge in [-0.2, -0.15) is 0 Å². The SMILES string of the molecule is I.Ic1ccc(COCC2CC2)cc1. The van der Waals surface area contributed by atoms with Crippen molar-refractivity contribution < 1.29 is 4.74 Å². The average Bonchev–Trinajstić information content (AvgIpc) is 2.92. The van der Waals surface area contributed by atoms with Crippen LogP contribution in [0.4, 0.5) is 0 Å². The number of rotatable bonds is 4. The summed E-state index contributed by atoms with van der Waals surface area (Å²) in [6, 6.07) is 8.51. The Labute approximate surface area is 116 Å². The lowest BCUT2D eigenvalue weighted by molar-refractivity contribution is 0.111. The highest BCUT2D eigenvalue weighted by Gasteiger charge is 2.20. The number of ether oxygens (including phenoxy) is 1. The molecule has 1 saturated carbocycles. The van der Waals surface area contributed by atoms with Crippen LogP contribution in [0.15, 0.2) is 24.3 Å². The van der Waals surface area contributed by atoms with Crippen LogP contribution >= 0.6 is 46.6 Å². The van der Waals surface area contributed by atoms with Crippen LogP contribution in [0.5, 0.6) is 0 Å². The van der Waals surface area contributed by atoms with Crippen molar-refractivity contribution in [1.29, 1.82) is 0 Å². The lowest BCUT2D eigenvalue weighted by Crippen LogP contribution is -1.96. The van der Waals surface area contributed by atoms with E-state index in [0.717, 1.165) is 19.1 Å². The van der Waals surface area contributed by atoms with Gasteiger partial charge in [-0.15, -0.1) is 24.0 Å². The molecule has 0 aromatic heterocycles. The summed E-state index contributed by atoms with van der Waals surface area (Å²) in [5, 5.41) is 0. The lowest BCUT2D eigenvalue weighted by atomic mass is 10.2. The second kappa shape index (κ2) is 6.27. The maximum atomic E-state index is 5.58. The Morgan fingerprint density at radius 3 is 2.43 bits per heavy atom. The summed E-state index contributed by atoms with van der Waals surface area (Å²) in [6.45, 7) is 1.72. The molecular formula is C11H14I2O. The van der Waals surface area contributed by atoms with Crippen molar-refractivity contribution >= 4 is 46.6 Å². The predicted molar refractivity (Wildman–Crippen MR) is 77.0 cm³/mol. The van der Waals surface area contributed by atoms with E-state index in [9.17, 15) is 0 Å². The summed E-state index contributed by atoms with van der Waals surface area (Å²) in [5.74, 6) is 0.865. The molecule has 2 rings (SSSR count). The van der Waals surface area contributed by atoms with E-state index < -0.39 is 0 Å². The second-order valence-corrected chi connectivity index (χ2v) is 4.83. The quantitative estimate of drug-likeness (QED) is 0.679. The normalized spacial score (nSPS) is 14.9. The molecule has 0 atom stereocenters. The minimum absolute atomic E-state index is 0. The highest BCUT2D eigenvalue weighted by atomic mass is 127. The van der Waals surface area contributed by atoms with E-state index in [1.807, 2.05) is 0 Å². The molecule has 78 valence electrons. The van der Waals surface area contributed by atoms with Gasteiger partial charge in [0.2, 0.25) is 0 Å². The third-order valence-corrected chi connectivity index (χ3v) is 2.95. The van der Waals surface area contributed by atoms with E-state index in [1.165, 1.54) is 22.0 Å². The van der Waals surface area contributed by atoms with Crippen molar-refractivity contribution in [2.24, 2.45) is 5.92 Å². The number of benzene rings is 1. The van der Waals surface area contributed by atoms with Crippen molar-refractivity contribution in [3.63, 3.8) is 0 Å². The maximum Gasteiger partial charge on any atom is 0.0717 e. The lowest BCUT2D eigenvalue weighted by Gasteiger charge is -2.02. The third-order valence-electron chi connectivity index (χ3n) is 2.23. The molecule has 0 heterocycles. The van der Waals surface area contributed by atoms with Crippen LogP contribution in [0.2, 0.25) is 0 Å². The fraction of sp³-hybridized carbons (Fsp3) is 0.455. The highest BCUT2D eigenvalue weighted by molar-refractivity contribution is 14.1. The van der Waals surface area contributed by atoms with Gasteiger partial charge < -0.3 is 4.74 Å².